The van der Waals surface area contributed by atoms with Crippen molar-refractivity contribution < 1.29 is 0 Å². The van der Waals surface area contributed by atoms with E-state index in [-0.39, 0.29) is 0 Å². The van der Waals surface area contributed by atoms with Crippen molar-refractivity contribution in [2.45, 2.75) is 106 Å². The van der Waals surface area contributed by atoms with Gasteiger partial charge in [0, 0.05) is 0 Å². The Morgan fingerprint density at radius 3 is 1.73 bits per heavy atom. The summed E-state index contributed by atoms with van der Waals surface area (Å²) in [6, 6.07) is 0. The topological polar surface area (TPSA) is 0 Å². The van der Waals surface area contributed by atoms with Crippen LogP contribution in [0.2, 0.25) is 0 Å². The van der Waals surface area contributed by atoms with Gasteiger partial charge in [-0.25, -0.2) is 0 Å². The van der Waals surface area contributed by atoms with Crippen LogP contribution < -0.4 is 0 Å². The molecular formula is C22H44. The molecule has 0 heteroatoms. The van der Waals surface area contributed by atoms with Crippen LogP contribution in [0.5, 0.6) is 0 Å². The van der Waals surface area contributed by atoms with Crippen molar-refractivity contribution in [2.24, 2.45) is 35.5 Å². The lowest BCUT2D eigenvalue weighted by molar-refractivity contribution is 0.127. The third kappa shape index (κ3) is 5.89. The van der Waals surface area contributed by atoms with Crippen molar-refractivity contribution in [3.63, 3.8) is 0 Å². The quantitative estimate of drug-likeness (QED) is 0.471. The lowest BCUT2D eigenvalue weighted by Gasteiger charge is -2.38. The molecule has 2 rings (SSSR count). The number of hydrogen-bond donors (Lipinski definition) is 0. The fourth-order valence-electron chi connectivity index (χ4n) is 5.47. The van der Waals surface area contributed by atoms with Crippen molar-refractivity contribution in [2.75, 3.05) is 0 Å². The lowest BCUT2D eigenvalue weighted by Crippen LogP contribution is -2.28. The van der Waals surface area contributed by atoms with E-state index < -0.39 is 0 Å². The van der Waals surface area contributed by atoms with Crippen LogP contribution >= 0.6 is 0 Å². The average Bonchev–Trinajstić information content (AvgIpc) is 3.03. The zero-order valence-corrected chi connectivity index (χ0v) is 16.5. The summed E-state index contributed by atoms with van der Waals surface area (Å²) < 4.78 is 0. The van der Waals surface area contributed by atoms with E-state index in [1.54, 1.807) is 32.1 Å². The standard InChI is InChI=1S/C20H38.C2H6/c1-5-20(15(2)3)16(4)19-12-10-18(11-13-19)14-17-8-6-7-9-17;1-2/h15-20H,5-14H2,1-4H3;1-2H3. The highest BCUT2D eigenvalue weighted by Crippen LogP contribution is 2.42. The Labute approximate surface area is 141 Å². The van der Waals surface area contributed by atoms with Gasteiger partial charge < -0.3 is 0 Å². The monoisotopic (exact) mass is 308 g/mol. The molecule has 0 saturated heterocycles. The Morgan fingerprint density at radius 2 is 1.27 bits per heavy atom. The van der Waals surface area contributed by atoms with E-state index in [0.29, 0.717) is 0 Å². The van der Waals surface area contributed by atoms with Crippen molar-refractivity contribution in [1.82, 2.24) is 0 Å². The fraction of sp³-hybridized carbons (Fsp3) is 1.00. The highest BCUT2D eigenvalue weighted by atomic mass is 14.4. The largest absolute Gasteiger partial charge is 0.0683 e. The number of rotatable bonds is 6. The van der Waals surface area contributed by atoms with Crippen molar-refractivity contribution >= 4 is 0 Å². The molecule has 22 heavy (non-hydrogen) atoms. The summed E-state index contributed by atoms with van der Waals surface area (Å²) in [6.07, 6.45) is 15.2. The second-order valence-electron chi connectivity index (χ2n) is 8.34. The maximum atomic E-state index is 2.55. The van der Waals surface area contributed by atoms with E-state index in [1.807, 2.05) is 13.8 Å². The maximum absolute atomic E-state index is 2.55. The molecule has 2 aliphatic rings. The maximum Gasteiger partial charge on any atom is -0.0365 e. The van der Waals surface area contributed by atoms with Gasteiger partial charge in [0.15, 0.2) is 0 Å². The van der Waals surface area contributed by atoms with Gasteiger partial charge in [-0.1, -0.05) is 86.5 Å². The second kappa shape index (κ2) is 10.7. The molecule has 2 fully saturated rings. The van der Waals surface area contributed by atoms with E-state index >= 15 is 0 Å². The third-order valence-electron chi connectivity index (χ3n) is 6.78. The van der Waals surface area contributed by atoms with Gasteiger partial charge in [0.2, 0.25) is 0 Å². The smallest absolute Gasteiger partial charge is 0.0365 e. The first kappa shape index (κ1) is 20.0. The van der Waals surface area contributed by atoms with E-state index in [1.165, 1.54) is 32.1 Å². The zero-order valence-electron chi connectivity index (χ0n) is 16.5. The molecule has 0 N–H and O–H groups in total. The summed E-state index contributed by atoms with van der Waals surface area (Å²) in [5, 5.41) is 0. The van der Waals surface area contributed by atoms with E-state index in [4.69, 9.17) is 0 Å². The molecule has 0 bridgehead atoms. The van der Waals surface area contributed by atoms with Crippen molar-refractivity contribution in [3.05, 3.63) is 0 Å². The van der Waals surface area contributed by atoms with Crippen LogP contribution in [0.25, 0.3) is 0 Å². The molecule has 0 aromatic carbocycles. The normalized spacial score (nSPS) is 29.0. The molecule has 0 heterocycles. The average molecular weight is 309 g/mol. The molecule has 0 aliphatic heterocycles. The first-order valence-corrected chi connectivity index (χ1v) is 10.6. The summed E-state index contributed by atoms with van der Waals surface area (Å²) >= 11 is 0. The summed E-state index contributed by atoms with van der Waals surface area (Å²) in [6.45, 7) is 13.8. The zero-order chi connectivity index (χ0) is 16.5. The van der Waals surface area contributed by atoms with Crippen LogP contribution in [0.15, 0.2) is 0 Å². The van der Waals surface area contributed by atoms with Gasteiger partial charge >= 0.3 is 0 Å². The molecule has 0 radical (unpaired) electrons. The first-order valence-electron chi connectivity index (χ1n) is 10.6. The van der Waals surface area contributed by atoms with Crippen LogP contribution in [0.3, 0.4) is 0 Å². The van der Waals surface area contributed by atoms with Gasteiger partial charge in [0.05, 0.1) is 0 Å². The Kier molecular flexibility index (Phi) is 9.76. The van der Waals surface area contributed by atoms with Gasteiger partial charge in [-0.05, 0) is 54.8 Å². The highest BCUT2D eigenvalue weighted by Gasteiger charge is 2.31. The molecule has 2 atom stereocenters. The Morgan fingerprint density at radius 1 is 0.773 bits per heavy atom. The molecule has 0 aromatic rings. The second-order valence-corrected chi connectivity index (χ2v) is 8.34. The molecule has 0 aromatic heterocycles. The summed E-state index contributed by atoms with van der Waals surface area (Å²) in [5.41, 5.74) is 0. The Bertz CT molecular complexity index is 253. The SMILES string of the molecule is CC.CCC(C(C)C)C(C)C1CCC(CC2CCCC2)CC1. The predicted octanol–water partition coefficient (Wildman–Crippen LogP) is 7.72. The van der Waals surface area contributed by atoms with E-state index in [0.717, 1.165) is 35.5 Å². The van der Waals surface area contributed by atoms with Gasteiger partial charge in [-0.2, -0.15) is 0 Å². The van der Waals surface area contributed by atoms with Gasteiger partial charge in [0.1, 0.15) is 0 Å². The molecule has 2 aliphatic carbocycles. The summed E-state index contributed by atoms with van der Waals surface area (Å²) in [4.78, 5) is 0. The van der Waals surface area contributed by atoms with Crippen LogP contribution in [-0.4, -0.2) is 0 Å². The van der Waals surface area contributed by atoms with Gasteiger partial charge in [-0.3, -0.25) is 0 Å². The molecule has 0 amide bonds. The minimum absolute atomic E-state index is 0.867. The van der Waals surface area contributed by atoms with Crippen molar-refractivity contribution in [3.8, 4) is 0 Å². The first-order chi connectivity index (χ1) is 10.6. The van der Waals surface area contributed by atoms with Crippen LogP contribution in [-0.2, 0) is 0 Å². The highest BCUT2D eigenvalue weighted by molar-refractivity contribution is 4.82. The van der Waals surface area contributed by atoms with Crippen LogP contribution in [0.4, 0.5) is 0 Å². The van der Waals surface area contributed by atoms with E-state index in [2.05, 4.69) is 27.7 Å². The minimum atomic E-state index is 0.867. The van der Waals surface area contributed by atoms with E-state index in [9.17, 15) is 0 Å². The third-order valence-corrected chi connectivity index (χ3v) is 6.78. The fourth-order valence-corrected chi connectivity index (χ4v) is 5.47. The van der Waals surface area contributed by atoms with Gasteiger partial charge in [0.25, 0.3) is 0 Å². The molecular weight excluding hydrogens is 264 g/mol. The Balaban J connectivity index is 0.00000116. The Hall–Kier alpha value is 0. The van der Waals surface area contributed by atoms with Gasteiger partial charge in [-0.15, -0.1) is 0 Å². The molecule has 0 spiro atoms. The summed E-state index contributed by atoms with van der Waals surface area (Å²) in [5.74, 6) is 5.99. The predicted molar refractivity (Wildman–Crippen MR) is 101 cm³/mol. The lowest BCUT2D eigenvalue weighted by atomic mass is 9.68. The van der Waals surface area contributed by atoms with Crippen LogP contribution in [0, 0.1) is 35.5 Å². The van der Waals surface area contributed by atoms with Crippen molar-refractivity contribution in [1.29, 1.82) is 0 Å². The molecule has 2 unspecified atom stereocenters. The number of hydrogen-bond acceptors (Lipinski definition) is 0. The molecule has 132 valence electrons. The summed E-state index contributed by atoms with van der Waals surface area (Å²) in [7, 11) is 0. The van der Waals surface area contributed by atoms with Crippen LogP contribution in [0.1, 0.15) is 106 Å². The molecule has 2 saturated carbocycles. The molecule has 0 nitrogen and oxygen atoms in total. The minimum Gasteiger partial charge on any atom is -0.0683 e.